The van der Waals surface area contributed by atoms with Crippen molar-refractivity contribution in [1.82, 2.24) is 5.32 Å². The van der Waals surface area contributed by atoms with Gasteiger partial charge in [-0.25, -0.2) is 0 Å². The summed E-state index contributed by atoms with van der Waals surface area (Å²) in [5, 5.41) is 13.3. The van der Waals surface area contributed by atoms with Crippen molar-refractivity contribution in [3.8, 4) is 5.75 Å². The molecule has 2 heteroatoms. The molecule has 0 spiro atoms. The molecule has 0 aliphatic heterocycles. The van der Waals surface area contributed by atoms with Gasteiger partial charge in [0.25, 0.3) is 0 Å². The molecule has 2 nitrogen and oxygen atoms in total. The summed E-state index contributed by atoms with van der Waals surface area (Å²) in [4.78, 5) is 0. The molecule has 0 aliphatic carbocycles. The third-order valence-corrected chi connectivity index (χ3v) is 3.71. The summed E-state index contributed by atoms with van der Waals surface area (Å²) in [5.41, 5.74) is 5.66. The number of rotatable bonds is 4. The largest absolute Gasteiger partial charge is 0.507 e. The summed E-state index contributed by atoms with van der Waals surface area (Å²) in [6.45, 7) is 8.97. The summed E-state index contributed by atoms with van der Waals surface area (Å²) in [5.74, 6) is 0.403. The van der Waals surface area contributed by atoms with Gasteiger partial charge in [0, 0.05) is 12.6 Å². The Bertz CT molecular complexity index is 581. The number of hydrogen-bond donors (Lipinski definition) is 2. The van der Waals surface area contributed by atoms with Crippen molar-refractivity contribution >= 4 is 0 Å². The molecule has 2 rings (SSSR count). The summed E-state index contributed by atoms with van der Waals surface area (Å²) >= 11 is 0. The molecule has 0 fully saturated rings. The lowest BCUT2D eigenvalue weighted by Crippen LogP contribution is -2.18. The summed E-state index contributed by atoms with van der Waals surface area (Å²) in [6.07, 6.45) is 0. The van der Waals surface area contributed by atoms with Gasteiger partial charge in [-0.05, 0) is 49.9 Å². The second-order valence-corrected chi connectivity index (χ2v) is 5.59. The molecule has 0 amide bonds. The van der Waals surface area contributed by atoms with E-state index >= 15 is 0 Å². The maximum atomic E-state index is 9.80. The SMILES string of the molecule is Cc1cccc([C@H](C)NCc2cc(C)c(O)c(C)c2)c1. The first-order chi connectivity index (χ1) is 9.47. The van der Waals surface area contributed by atoms with Gasteiger partial charge in [-0.15, -0.1) is 0 Å². The normalized spacial score (nSPS) is 12.4. The van der Waals surface area contributed by atoms with Gasteiger partial charge in [0.1, 0.15) is 5.75 Å². The molecule has 0 aromatic heterocycles. The minimum Gasteiger partial charge on any atom is -0.507 e. The second kappa shape index (κ2) is 6.10. The zero-order chi connectivity index (χ0) is 14.7. The highest BCUT2D eigenvalue weighted by Crippen LogP contribution is 2.23. The van der Waals surface area contributed by atoms with E-state index in [1.165, 1.54) is 16.7 Å². The van der Waals surface area contributed by atoms with E-state index in [1.807, 2.05) is 26.0 Å². The Hall–Kier alpha value is -1.80. The average molecular weight is 269 g/mol. The standard InChI is InChI=1S/C18H23NO/c1-12-6-5-7-17(8-12)15(4)19-11-16-9-13(2)18(20)14(3)10-16/h5-10,15,19-20H,11H2,1-4H3/t15-/m0/s1. The van der Waals surface area contributed by atoms with Gasteiger partial charge in [-0.2, -0.15) is 0 Å². The first-order valence-electron chi connectivity index (χ1n) is 7.06. The number of aromatic hydroxyl groups is 1. The molecular weight excluding hydrogens is 246 g/mol. The Balaban J connectivity index is 2.05. The molecular formula is C18H23NO. The van der Waals surface area contributed by atoms with Crippen LogP contribution in [0.2, 0.25) is 0 Å². The van der Waals surface area contributed by atoms with Gasteiger partial charge in [0.2, 0.25) is 0 Å². The van der Waals surface area contributed by atoms with E-state index in [2.05, 4.69) is 43.4 Å². The molecule has 1 atom stereocenters. The van der Waals surface area contributed by atoms with Crippen molar-refractivity contribution in [2.75, 3.05) is 0 Å². The number of hydrogen-bond acceptors (Lipinski definition) is 2. The third kappa shape index (κ3) is 3.40. The number of benzene rings is 2. The van der Waals surface area contributed by atoms with Crippen LogP contribution in [0.15, 0.2) is 36.4 Å². The summed E-state index contributed by atoms with van der Waals surface area (Å²) in [6, 6.07) is 13.0. The zero-order valence-electron chi connectivity index (χ0n) is 12.7. The highest BCUT2D eigenvalue weighted by molar-refractivity contribution is 5.42. The molecule has 0 unspecified atom stereocenters. The number of aryl methyl sites for hydroxylation is 3. The molecule has 0 saturated heterocycles. The number of phenols is 1. The van der Waals surface area contributed by atoms with Crippen molar-refractivity contribution in [3.63, 3.8) is 0 Å². The van der Waals surface area contributed by atoms with Crippen molar-refractivity contribution in [2.45, 2.75) is 40.3 Å². The summed E-state index contributed by atoms with van der Waals surface area (Å²) < 4.78 is 0. The predicted octanol–water partition coefficient (Wildman–Crippen LogP) is 4.17. The van der Waals surface area contributed by atoms with Crippen LogP contribution >= 0.6 is 0 Å². The van der Waals surface area contributed by atoms with E-state index < -0.39 is 0 Å². The lowest BCUT2D eigenvalue weighted by molar-refractivity contribution is 0.466. The summed E-state index contributed by atoms with van der Waals surface area (Å²) in [7, 11) is 0. The van der Waals surface area contributed by atoms with Crippen LogP contribution in [0.25, 0.3) is 0 Å². The molecule has 0 saturated carbocycles. The monoisotopic (exact) mass is 269 g/mol. The smallest absolute Gasteiger partial charge is 0.121 e. The first-order valence-corrected chi connectivity index (χ1v) is 7.06. The molecule has 0 aliphatic rings. The van der Waals surface area contributed by atoms with E-state index in [-0.39, 0.29) is 0 Å². The van der Waals surface area contributed by atoms with Crippen molar-refractivity contribution in [1.29, 1.82) is 0 Å². The molecule has 0 heterocycles. The molecule has 2 aromatic carbocycles. The van der Waals surface area contributed by atoms with Gasteiger partial charge in [0.15, 0.2) is 0 Å². The van der Waals surface area contributed by atoms with Gasteiger partial charge in [-0.3, -0.25) is 0 Å². The fourth-order valence-electron chi connectivity index (χ4n) is 2.48. The lowest BCUT2D eigenvalue weighted by Gasteiger charge is -2.16. The fourth-order valence-corrected chi connectivity index (χ4v) is 2.48. The number of phenolic OH excluding ortho intramolecular Hbond substituents is 1. The van der Waals surface area contributed by atoms with Crippen LogP contribution in [0.5, 0.6) is 5.75 Å². The van der Waals surface area contributed by atoms with Crippen molar-refractivity contribution in [3.05, 3.63) is 64.2 Å². The Labute approximate surface area is 121 Å². The minimum absolute atomic E-state index is 0.310. The second-order valence-electron chi connectivity index (χ2n) is 5.59. The molecule has 0 bridgehead atoms. The highest BCUT2D eigenvalue weighted by atomic mass is 16.3. The van der Waals surface area contributed by atoms with Crippen LogP contribution in [-0.2, 0) is 6.54 Å². The Morgan fingerprint density at radius 1 is 1.05 bits per heavy atom. The first kappa shape index (κ1) is 14.6. The maximum absolute atomic E-state index is 9.80. The Kier molecular flexibility index (Phi) is 4.46. The Morgan fingerprint density at radius 2 is 1.70 bits per heavy atom. The van der Waals surface area contributed by atoms with Gasteiger partial charge >= 0.3 is 0 Å². The molecule has 2 aromatic rings. The maximum Gasteiger partial charge on any atom is 0.121 e. The van der Waals surface area contributed by atoms with E-state index in [4.69, 9.17) is 0 Å². The third-order valence-electron chi connectivity index (χ3n) is 3.71. The van der Waals surface area contributed by atoms with Crippen LogP contribution < -0.4 is 5.32 Å². The van der Waals surface area contributed by atoms with E-state index in [1.54, 1.807) is 0 Å². The van der Waals surface area contributed by atoms with E-state index in [0.29, 0.717) is 11.8 Å². The van der Waals surface area contributed by atoms with Crippen molar-refractivity contribution in [2.24, 2.45) is 0 Å². The van der Waals surface area contributed by atoms with Crippen LogP contribution in [0.4, 0.5) is 0 Å². The van der Waals surface area contributed by atoms with Crippen LogP contribution in [0.3, 0.4) is 0 Å². The van der Waals surface area contributed by atoms with Gasteiger partial charge in [0.05, 0.1) is 0 Å². The van der Waals surface area contributed by atoms with Crippen LogP contribution in [0.1, 0.15) is 40.8 Å². The zero-order valence-corrected chi connectivity index (χ0v) is 12.7. The lowest BCUT2D eigenvalue weighted by atomic mass is 10.0. The predicted molar refractivity (Wildman–Crippen MR) is 84.0 cm³/mol. The molecule has 20 heavy (non-hydrogen) atoms. The fraction of sp³-hybridized carbons (Fsp3) is 0.333. The molecule has 106 valence electrons. The van der Waals surface area contributed by atoms with Gasteiger partial charge < -0.3 is 10.4 Å². The minimum atomic E-state index is 0.310. The van der Waals surface area contributed by atoms with E-state index in [9.17, 15) is 5.11 Å². The van der Waals surface area contributed by atoms with Crippen LogP contribution in [-0.4, -0.2) is 5.11 Å². The van der Waals surface area contributed by atoms with Crippen molar-refractivity contribution < 1.29 is 5.11 Å². The number of nitrogens with one attached hydrogen (secondary N) is 1. The highest BCUT2D eigenvalue weighted by Gasteiger charge is 2.07. The topological polar surface area (TPSA) is 32.3 Å². The molecule has 0 radical (unpaired) electrons. The Morgan fingerprint density at radius 3 is 2.30 bits per heavy atom. The quantitative estimate of drug-likeness (QED) is 0.873. The van der Waals surface area contributed by atoms with E-state index in [0.717, 1.165) is 17.7 Å². The molecule has 2 N–H and O–H groups in total. The van der Waals surface area contributed by atoms with Gasteiger partial charge in [-0.1, -0.05) is 42.0 Å². The van der Waals surface area contributed by atoms with Crippen LogP contribution in [0, 0.1) is 20.8 Å². The average Bonchev–Trinajstić information content (AvgIpc) is 2.42.